The Labute approximate surface area is 122 Å². The molecule has 6 nitrogen and oxygen atoms in total. The van der Waals surface area contributed by atoms with E-state index in [1.807, 2.05) is 0 Å². The average molecular weight is 290 g/mol. The van der Waals surface area contributed by atoms with Gasteiger partial charge in [0.15, 0.2) is 0 Å². The zero-order chi connectivity index (χ0) is 15.4. The summed E-state index contributed by atoms with van der Waals surface area (Å²) >= 11 is 0. The number of benzene rings is 1. The standard InChI is InChI=1S/C15H18N2O4/c1-10-13(16-7-6-11-4-2-3-5-11)8-12(15(18)19)9-14(10)17(20)21/h4,8-9,16H,2-3,5-7H2,1H3,(H,18,19). The number of aromatic carboxylic acids is 1. The summed E-state index contributed by atoms with van der Waals surface area (Å²) in [4.78, 5) is 21.5. The summed E-state index contributed by atoms with van der Waals surface area (Å²) in [6.07, 6.45) is 6.52. The Morgan fingerprint density at radius 3 is 2.81 bits per heavy atom. The van der Waals surface area contributed by atoms with E-state index < -0.39 is 10.9 Å². The maximum absolute atomic E-state index is 11.1. The molecule has 0 heterocycles. The van der Waals surface area contributed by atoms with Crippen LogP contribution in [0.15, 0.2) is 23.8 Å². The Bertz CT molecular complexity index is 608. The molecule has 21 heavy (non-hydrogen) atoms. The van der Waals surface area contributed by atoms with Crippen molar-refractivity contribution in [3.8, 4) is 0 Å². The quantitative estimate of drug-likeness (QED) is 0.475. The van der Waals surface area contributed by atoms with Crippen LogP contribution in [-0.2, 0) is 0 Å². The highest BCUT2D eigenvalue weighted by Crippen LogP contribution is 2.28. The third-order valence-corrected chi connectivity index (χ3v) is 3.72. The molecule has 0 atom stereocenters. The Balaban J connectivity index is 2.16. The SMILES string of the molecule is Cc1c(NCCC2=CCCC2)cc(C(=O)O)cc1[N+](=O)[O-]. The number of allylic oxidation sites excluding steroid dienone is 1. The van der Waals surface area contributed by atoms with Gasteiger partial charge in [-0.1, -0.05) is 11.6 Å². The minimum Gasteiger partial charge on any atom is -0.478 e. The lowest BCUT2D eigenvalue weighted by molar-refractivity contribution is -0.385. The number of nitro benzene ring substituents is 1. The van der Waals surface area contributed by atoms with Crippen LogP contribution in [0, 0.1) is 17.0 Å². The fourth-order valence-corrected chi connectivity index (χ4v) is 2.52. The first-order chi connectivity index (χ1) is 9.99. The average Bonchev–Trinajstić information content (AvgIpc) is 2.93. The molecule has 2 rings (SSSR count). The molecule has 0 amide bonds. The van der Waals surface area contributed by atoms with Gasteiger partial charge >= 0.3 is 5.97 Å². The number of nitro groups is 1. The summed E-state index contributed by atoms with van der Waals surface area (Å²) in [7, 11) is 0. The normalized spacial score (nSPS) is 13.9. The van der Waals surface area contributed by atoms with Crippen LogP contribution < -0.4 is 5.32 Å². The molecule has 0 radical (unpaired) electrons. The summed E-state index contributed by atoms with van der Waals surface area (Å²) in [5.74, 6) is -1.17. The zero-order valence-corrected chi connectivity index (χ0v) is 11.9. The van der Waals surface area contributed by atoms with Crippen molar-refractivity contribution in [2.45, 2.75) is 32.6 Å². The fraction of sp³-hybridized carbons (Fsp3) is 0.400. The number of anilines is 1. The number of carbonyl (C=O) groups is 1. The molecule has 0 saturated carbocycles. The summed E-state index contributed by atoms with van der Waals surface area (Å²) in [6, 6.07) is 2.55. The maximum Gasteiger partial charge on any atom is 0.336 e. The van der Waals surface area contributed by atoms with E-state index in [4.69, 9.17) is 5.11 Å². The molecule has 1 aliphatic rings. The predicted octanol–water partition coefficient (Wildman–Crippen LogP) is 3.51. The van der Waals surface area contributed by atoms with E-state index in [0.717, 1.165) is 25.3 Å². The molecule has 112 valence electrons. The molecule has 1 aromatic carbocycles. The fourth-order valence-electron chi connectivity index (χ4n) is 2.52. The third kappa shape index (κ3) is 3.59. The van der Waals surface area contributed by atoms with E-state index in [9.17, 15) is 14.9 Å². The van der Waals surface area contributed by atoms with Crippen molar-refractivity contribution in [2.24, 2.45) is 0 Å². The predicted molar refractivity (Wildman–Crippen MR) is 79.8 cm³/mol. The highest BCUT2D eigenvalue weighted by atomic mass is 16.6. The van der Waals surface area contributed by atoms with Crippen molar-refractivity contribution < 1.29 is 14.8 Å². The molecule has 0 aromatic heterocycles. The number of hydrogen-bond donors (Lipinski definition) is 2. The summed E-state index contributed by atoms with van der Waals surface area (Å²) in [6.45, 7) is 2.27. The van der Waals surface area contributed by atoms with Gasteiger partial charge < -0.3 is 10.4 Å². The molecular formula is C15H18N2O4. The Hall–Kier alpha value is -2.37. The number of carboxylic acid groups (broad SMARTS) is 1. The van der Waals surface area contributed by atoms with Gasteiger partial charge in [-0.05, 0) is 38.7 Å². The van der Waals surface area contributed by atoms with Crippen LogP contribution >= 0.6 is 0 Å². The second kappa shape index (κ2) is 6.39. The van der Waals surface area contributed by atoms with Gasteiger partial charge in [0, 0.05) is 23.9 Å². The van der Waals surface area contributed by atoms with Crippen molar-refractivity contribution >= 4 is 17.3 Å². The van der Waals surface area contributed by atoms with Gasteiger partial charge in [-0.15, -0.1) is 0 Å². The molecule has 1 aliphatic carbocycles. The van der Waals surface area contributed by atoms with Gasteiger partial charge in [0.1, 0.15) is 0 Å². The molecule has 6 heteroatoms. The summed E-state index contributed by atoms with van der Waals surface area (Å²) < 4.78 is 0. The number of hydrogen-bond acceptors (Lipinski definition) is 4. The lowest BCUT2D eigenvalue weighted by atomic mass is 10.1. The van der Waals surface area contributed by atoms with Crippen LogP contribution in [0.5, 0.6) is 0 Å². The van der Waals surface area contributed by atoms with E-state index in [1.165, 1.54) is 18.1 Å². The first-order valence-corrected chi connectivity index (χ1v) is 6.93. The van der Waals surface area contributed by atoms with E-state index in [0.29, 0.717) is 17.8 Å². The minimum atomic E-state index is -1.17. The van der Waals surface area contributed by atoms with Gasteiger partial charge in [-0.3, -0.25) is 10.1 Å². The second-order valence-corrected chi connectivity index (χ2v) is 5.16. The van der Waals surface area contributed by atoms with E-state index in [-0.39, 0.29) is 11.3 Å². The molecular weight excluding hydrogens is 272 g/mol. The van der Waals surface area contributed by atoms with Gasteiger partial charge in [-0.25, -0.2) is 4.79 Å². The molecule has 0 bridgehead atoms. The van der Waals surface area contributed by atoms with Crippen LogP contribution in [0.3, 0.4) is 0 Å². The third-order valence-electron chi connectivity index (χ3n) is 3.72. The monoisotopic (exact) mass is 290 g/mol. The van der Waals surface area contributed by atoms with Crippen molar-refractivity contribution in [1.29, 1.82) is 0 Å². The maximum atomic E-state index is 11.1. The van der Waals surface area contributed by atoms with Gasteiger partial charge in [0.25, 0.3) is 5.69 Å². The van der Waals surface area contributed by atoms with Crippen molar-refractivity contribution in [3.05, 3.63) is 45.0 Å². The van der Waals surface area contributed by atoms with E-state index in [1.54, 1.807) is 6.92 Å². The van der Waals surface area contributed by atoms with Gasteiger partial charge in [-0.2, -0.15) is 0 Å². The first-order valence-electron chi connectivity index (χ1n) is 6.93. The van der Waals surface area contributed by atoms with E-state index in [2.05, 4.69) is 11.4 Å². The van der Waals surface area contributed by atoms with Crippen LogP contribution in [0.1, 0.15) is 41.6 Å². The van der Waals surface area contributed by atoms with Crippen LogP contribution in [-0.4, -0.2) is 22.5 Å². The number of carboxylic acids is 1. The van der Waals surface area contributed by atoms with Crippen molar-refractivity contribution in [3.63, 3.8) is 0 Å². The molecule has 0 fully saturated rings. The number of rotatable bonds is 6. The van der Waals surface area contributed by atoms with Crippen LogP contribution in [0.2, 0.25) is 0 Å². The molecule has 0 unspecified atom stereocenters. The lowest BCUT2D eigenvalue weighted by Crippen LogP contribution is -2.08. The zero-order valence-electron chi connectivity index (χ0n) is 11.9. The topological polar surface area (TPSA) is 92.5 Å². The molecule has 0 saturated heterocycles. The second-order valence-electron chi connectivity index (χ2n) is 5.16. The van der Waals surface area contributed by atoms with Crippen molar-refractivity contribution in [2.75, 3.05) is 11.9 Å². The smallest absolute Gasteiger partial charge is 0.336 e. The summed E-state index contributed by atoms with van der Waals surface area (Å²) in [5, 5.41) is 23.2. The first kappa shape index (κ1) is 15.0. The van der Waals surface area contributed by atoms with Crippen molar-refractivity contribution in [1.82, 2.24) is 0 Å². The Morgan fingerprint density at radius 2 is 2.24 bits per heavy atom. The highest BCUT2D eigenvalue weighted by molar-refractivity contribution is 5.90. The molecule has 0 aliphatic heterocycles. The molecule has 2 N–H and O–H groups in total. The number of nitrogens with one attached hydrogen (secondary N) is 1. The van der Waals surface area contributed by atoms with Gasteiger partial charge in [0.2, 0.25) is 0 Å². The molecule has 1 aromatic rings. The summed E-state index contributed by atoms with van der Waals surface area (Å²) in [5.41, 5.74) is 2.13. The highest BCUT2D eigenvalue weighted by Gasteiger charge is 2.19. The van der Waals surface area contributed by atoms with Crippen LogP contribution in [0.25, 0.3) is 0 Å². The largest absolute Gasteiger partial charge is 0.478 e. The Kier molecular flexibility index (Phi) is 4.57. The van der Waals surface area contributed by atoms with E-state index >= 15 is 0 Å². The molecule has 0 spiro atoms. The number of nitrogens with zero attached hydrogens (tertiary/aromatic N) is 1. The lowest BCUT2D eigenvalue weighted by Gasteiger charge is -2.11. The van der Waals surface area contributed by atoms with Crippen LogP contribution in [0.4, 0.5) is 11.4 Å². The van der Waals surface area contributed by atoms with Gasteiger partial charge in [0.05, 0.1) is 10.5 Å². The Morgan fingerprint density at radius 1 is 1.48 bits per heavy atom. The minimum absolute atomic E-state index is 0.0742.